The number of guanidine groups is 1. The van der Waals surface area contributed by atoms with Crippen LogP contribution in [0.25, 0.3) is 11.5 Å². The molecule has 2 rings (SSSR count). The molecule has 0 saturated carbocycles. The Morgan fingerprint density at radius 3 is 2.65 bits per heavy atom. The fourth-order valence-corrected chi connectivity index (χ4v) is 2.22. The van der Waals surface area contributed by atoms with E-state index in [9.17, 15) is 4.79 Å². The van der Waals surface area contributed by atoms with Gasteiger partial charge in [-0.3, -0.25) is 9.79 Å². The highest BCUT2D eigenvalue weighted by Gasteiger charge is 2.08. The molecule has 0 spiro atoms. The molecule has 7 nitrogen and oxygen atoms in total. The van der Waals surface area contributed by atoms with E-state index >= 15 is 0 Å². The lowest BCUT2D eigenvalue weighted by atomic mass is 10.1. The number of carbonyl (C=O) groups excluding carboxylic acids is 1. The molecule has 0 atom stereocenters. The molecule has 1 aromatic carbocycles. The molecule has 2 N–H and O–H groups in total. The zero-order valence-electron chi connectivity index (χ0n) is 15.7. The second-order valence-electron chi connectivity index (χ2n) is 6.15. The molecule has 0 radical (unpaired) electrons. The van der Waals surface area contributed by atoms with E-state index in [1.54, 1.807) is 13.3 Å². The summed E-state index contributed by atoms with van der Waals surface area (Å²) in [5, 5.41) is 6.21. The van der Waals surface area contributed by atoms with Crippen LogP contribution in [0.3, 0.4) is 0 Å². The van der Waals surface area contributed by atoms with E-state index in [0.29, 0.717) is 24.9 Å². The number of ether oxygens (including phenoxy) is 1. The topological polar surface area (TPSA) is 88.8 Å². The smallest absolute Gasteiger partial charge is 0.307 e. The maximum Gasteiger partial charge on any atom is 0.307 e. The van der Waals surface area contributed by atoms with Crippen molar-refractivity contribution in [3.8, 4) is 11.5 Å². The average Bonchev–Trinajstić information content (AvgIpc) is 3.07. The van der Waals surface area contributed by atoms with E-state index in [0.717, 1.165) is 11.3 Å². The fourth-order valence-electron chi connectivity index (χ4n) is 2.22. The molecule has 0 bridgehead atoms. The molecule has 0 unspecified atom stereocenters. The summed E-state index contributed by atoms with van der Waals surface area (Å²) in [5.41, 5.74) is 2.89. The lowest BCUT2D eigenvalue weighted by Gasteiger charge is -2.11. The summed E-state index contributed by atoms with van der Waals surface area (Å²) in [6, 6.07) is 8.01. The second-order valence-corrected chi connectivity index (χ2v) is 6.15. The van der Waals surface area contributed by atoms with Gasteiger partial charge in [0.2, 0.25) is 5.89 Å². The number of oxazole rings is 1. The summed E-state index contributed by atoms with van der Waals surface area (Å²) < 4.78 is 10.6. The third-order valence-electron chi connectivity index (χ3n) is 3.50. The summed E-state index contributed by atoms with van der Waals surface area (Å²) in [6.45, 7) is 6.60. The predicted octanol–water partition coefficient (Wildman–Crippen LogP) is 2.66. The third kappa shape index (κ3) is 6.23. The molecule has 7 heteroatoms. The Labute approximate surface area is 153 Å². The van der Waals surface area contributed by atoms with Crippen molar-refractivity contribution >= 4 is 11.9 Å². The molecule has 1 aromatic heterocycles. The monoisotopic (exact) mass is 358 g/mol. The Bertz CT molecular complexity index is 735. The molecular formula is C19H26N4O3. The maximum atomic E-state index is 11.5. The number of hydrogen-bond donors (Lipinski definition) is 2. The first-order chi connectivity index (χ1) is 12.5. The van der Waals surface area contributed by atoms with Gasteiger partial charge in [-0.15, -0.1) is 0 Å². The summed E-state index contributed by atoms with van der Waals surface area (Å²) in [6.07, 6.45) is 1.80. The first-order valence-electron chi connectivity index (χ1n) is 8.63. The number of hydrogen-bond acceptors (Lipinski definition) is 5. The number of aromatic nitrogens is 1. The number of aliphatic imine (C=N–C) groups is 1. The molecule has 0 aliphatic rings. The lowest BCUT2D eigenvalue weighted by molar-refractivity contribution is -0.147. The SMILES string of the molecule is CN=C(NCCC(=O)OC(C)C)NCc1coc(-c2ccc(C)cc2)n1. The molecule has 0 aliphatic heterocycles. The van der Waals surface area contributed by atoms with Crippen LogP contribution in [-0.2, 0) is 16.1 Å². The van der Waals surface area contributed by atoms with E-state index in [-0.39, 0.29) is 18.5 Å². The van der Waals surface area contributed by atoms with Crippen molar-refractivity contribution in [3.05, 3.63) is 41.8 Å². The second kappa shape index (κ2) is 9.60. The van der Waals surface area contributed by atoms with Crippen LogP contribution >= 0.6 is 0 Å². The van der Waals surface area contributed by atoms with Gasteiger partial charge < -0.3 is 19.8 Å². The van der Waals surface area contributed by atoms with Gasteiger partial charge in [-0.1, -0.05) is 17.7 Å². The van der Waals surface area contributed by atoms with E-state index in [4.69, 9.17) is 9.15 Å². The first-order valence-corrected chi connectivity index (χ1v) is 8.63. The van der Waals surface area contributed by atoms with Gasteiger partial charge in [-0.05, 0) is 32.9 Å². The van der Waals surface area contributed by atoms with Crippen molar-refractivity contribution in [1.29, 1.82) is 0 Å². The summed E-state index contributed by atoms with van der Waals surface area (Å²) >= 11 is 0. The van der Waals surface area contributed by atoms with Crippen LogP contribution in [0.2, 0.25) is 0 Å². The zero-order chi connectivity index (χ0) is 18.9. The van der Waals surface area contributed by atoms with Crippen LogP contribution in [-0.4, -0.2) is 36.6 Å². The van der Waals surface area contributed by atoms with Gasteiger partial charge in [0.25, 0.3) is 0 Å². The molecule has 0 aliphatic carbocycles. The van der Waals surface area contributed by atoms with Crippen LogP contribution in [0.15, 0.2) is 39.9 Å². The van der Waals surface area contributed by atoms with Crippen molar-refractivity contribution in [2.24, 2.45) is 4.99 Å². The largest absolute Gasteiger partial charge is 0.463 e. The molecular weight excluding hydrogens is 332 g/mol. The number of benzene rings is 1. The summed E-state index contributed by atoms with van der Waals surface area (Å²) in [7, 11) is 1.67. The van der Waals surface area contributed by atoms with E-state index in [2.05, 4.69) is 20.6 Å². The third-order valence-corrected chi connectivity index (χ3v) is 3.50. The minimum Gasteiger partial charge on any atom is -0.463 e. The van der Waals surface area contributed by atoms with Crippen LogP contribution in [0.4, 0.5) is 0 Å². The van der Waals surface area contributed by atoms with Crippen molar-refractivity contribution in [3.63, 3.8) is 0 Å². The van der Waals surface area contributed by atoms with Gasteiger partial charge >= 0.3 is 5.97 Å². The summed E-state index contributed by atoms with van der Waals surface area (Å²) in [5.74, 6) is 0.936. The van der Waals surface area contributed by atoms with Gasteiger partial charge in [-0.25, -0.2) is 4.98 Å². The molecule has 0 amide bonds. The minimum absolute atomic E-state index is 0.102. The van der Waals surface area contributed by atoms with E-state index in [1.807, 2.05) is 45.0 Å². The van der Waals surface area contributed by atoms with Gasteiger partial charge in [-0.2, -0.15) is 0 Å². The average molecular weight is 358 g/mol. The Hall–Kier alpha value is -2.83. The van der Waals surface area contributed by atoms with Gasteiger partial charge in [0.15, 0.2) is 5.96 Å². The van der Waals surface area contributed by atoms with Crippen molar-refractivity contribution in [2.75, 3.05) is 13.6 Å². The van der Waals surface area contributed by atoms with Crippen LogP contribution < -0.4 is 10.6 Å². The maximum absolute atomic E-state index is 11.5. The molecule has 0 fully saturated rings. The van der Waals surface area contributed by atoms with Gasteiger partial charge in [0.05, 0.1) is 24.8 Å². The van der Waals surface area contributed by atoms with Crippen molar-refractivity contribution in [2.45, 2.75) is 39.8 Å². The van der Waals surface area contributed by atoms with Crippen LogP contribution in [0.1, 0.15) is 31.5 Å². The number of rotatable bonds is 7. The number of aryl methyl sites for hydroxylation is 1. The normalized spacial score (nSPS) is 11.5. The van der Waals surface area contributed by atoms with Crippen molar-refractivity contribution < 1.29 is 13.9 Å². The van der Waals surface area contributed by atoms with Crippen molar-refractivity contribution in [1.82, 2.24) is 15.6 Å². The minimum atomic E-state index is -0.234. The van der Waals surface area contributed by atoms with E-state index < -0.39 is 0 Å². The Balaban J connectivity index is 1.80. The highest BCUT2D eigenvalue weighted by atomic mass is 16.5. The lowest BCUT2D eigenvalue weighted by Crippen LogP contribution is -2.38. The Kier molecular flexibility index (Phi) is 7.20. The highest BCUT2D eigenvalue weighted by molar-refractivity contribution is 5.80. The Morgan fingerprint density at radius 1 is 1.27 bits per heavy atom. The molecule has 2 aromatic rings. The quantitative estimate of drug-likeness (QED) is 0.449. The predicted molar refractivity (Wildman–Crippen MR) is 101 cm³/mol. The highest BCUT2D eigenvalue weighted by Crippen LogP contribution is 2.18. The number of nitrogens with zero attached hydrogens (tertiary/aromatic N) is 2. The van der Waals surface area contributed by atoms with Crippen LogP contribution in [0, 0.1) is 6.92 Å². The zero-order valence-corrected chi connectivity index (χ0v) is 15.7. The number of nitrogens with one attached hydrogen (secondary N) is 2. The molecule has 1 heterocycles. The molecule has 0 saturated heterocycles. The fraction of sp³-hybridized carbons (Fsp3) is 0.421. The molecule has 140 valence electrons. The van der Waals surface area contributed by atoms with Gasteiger partial charge in [0, 0.05) is 19.2 Å². The standard InChI is InChI=1S/C19H26N4O3/c1-13(2)26-17(24)9-10-21-19(20-4)22-11-16-12-25-18(23-16)15-7-5-14(3)6-8-15/h5-8,12-13H,9-11H2,1-4H3,(H2,20,21,22). The molecule has 26 heavy (non-hydrogen) atoms. The first kappa shape index (κ1) is 19.5. The van der Waals surface area contributed by atoms with Gasteiger partial charge in [0.1, 0.15) is 6.26 Å². The Morgan fingerprint density at radius 2 is 2.00 bits per heavy atom. The number of esters is 1. The van der Waals surface area contributed by atoms with E-state index in [1.165, 1.54) is 5.56 Å². The number of carbonyl (C=O) groups is 1. The summed E-state index contributed by atoms with van der Waals surface area (Å²) in [4.78, 5) is 20.1. The van der Waals surface area contributed by atoms with Crippen LogP contribution in [0.5, 0.6) is 0 Å².